The second kappa shape index (κ2) is 9.94. The maximum absolute atomic E-state index is 15.0. The van der Waals surface area contributed by atoms with Crippen LogP contribution in [0.15, 0.2) is 52.7 Å². The lowest BCUT2D eigenvalue weighted by Gasteiger charge is -2.40. The molecule has 0 atom stereocenters. The van der Waals surface area contributed by atoms with E-state index in [1.807, 2.05) is 0 Å². The molecular weight excluding hydrogens is 471 g/mol. The van der Waals surface area contributed by atoms with Crippen LogP contribution in [-0.2, 0) is 0 Å². The molecule has 3 aromatic rings. The third-order valence-corrected chi connectivity index (χ3v) is 5.62. The SMILES string of the molecule is C/C=C\N=C(/C)n1cc(C(=O)O)c(=O)c2cc(F)c(N3CC(NC(=O)c4ccc(OC)cn4)C3)nc21. The number of methoxy groups -OCH3 is 1. The quantitative estimate of drug-likeness (QED) is 0.392. The lowest BCUT2D eigenvalue weighted by Crippen LogP contribution is -2.60. The molecule has 1 fully saturated rings. The summed E-state index contributed by atoms with van der Waals surface area (Å²) in [5, 5.41) is 12.1. The third-order valence-electron chi connectivity index (χ3n) is 5.62. The molecule has 186 valence electrons. The topological polar surface area (TPSA) is 139 Å². The number of halogens is 1. The van der Waals surface area contributed by atoms with Crippen molar-refractivity contribution >= 4 is 34.6 Å². The smallest absolute Gasteiger partial charge is 0.341 e. The number of hydrogen-bond donors (Lipinski definition) is 2. The molecule has 1 aliphatic heterocycles. The van der Waals surface area contributed by atoms with Crippen LogP contribution in [0.5, 0.6) is 5.75 Å². The van der Waals surface area contributed by atoms with Crippen LogP contribution in [0.4, 0.5) is 10.2 Å². The van der Waals surface area contributed by atoms with Crippen LogP contribution in [0.25, 0.3) is 11.0 Å². The minimum atomic E-state index is -1.44. The zero-order chi connectivity index (χ0) is 26.0. The molecule has 1 saturated heterocycles. The second-order valence-corrected chi connectivity index (χ2v) is 8.03. The van der Waals surface area contributed by atoms with Gasteiger partial charge in [-0.25, -0.2) is 24.1 Å². The number of pyridine rings is 3. The van der Waals surface area contributed by atoms with Crippen LogP contribution in [0.3, 0.4) is 0 Å². The van der Waals surface area contributed by atoms with Gasteiger partial charge in [0, 0.05) is 25.5 Å². The number of fused-ring (bicyclic) bond motifs is 1. The van der Waals surface area contributed by atoms with Crippen molar-refractivity contribution in [3.63, 3.8) is 0 Å². The van der Waals surface area contributed by atoms with Gasteiger partial charge in [-0.2, -0.15) is 0 Å². The standard InChI is InChI=1S/C24H23FN6O5/c1-4-7-26-13(2)31-12-17(24(34)35)20(32)16-8-18(25)22(29-21(16)31)30-10-14(11-30)28-23(33)19-6-5-15(36-3)9-27-19/h4-9,12,14H,10-11H2,1-3H3,(H,28,33)(H,34,35)/b7-4-,26-13+. The van der Waals surface area contributed by atoms with E-state index in [-0.39, 0.29) is 47.6 Å². The molecule has 3 aromatic heterocycles. The number of carboxylic acid groups (broad SMARTS) is 1. The molecule has 0 spiro atoms. The molecule has 36 heavy (non-hydrogen) atoms. The van der Waals surface area contributed by atoms with Crippen molar-refractivity contribution in [3.05, 3.63) is 70.2 Å². The van der Waals surface area contributed by atoms with Crippen LogP contribution < -0.4 is 20.4 Å². The highest BCUT2D eigenvalue weighted by Crippen LogP contribution is 2.25. The molecule has 0 radical (unpaired) electrons. The molecule has 11 nitrogen and oxygen atoms in total. The number of carboxylic acids is 1. The zero-order valence-corrected chi connectivity index (χ0v) is 19.7. The van der Waals surface area contributed by atoms with Crippen molar-refractivity contribution in [2.75, 3.05) is 25.1 Å². The summed E-state index contributed by atoms with van der Waals surface area (Å²) in [5.74, 6) is -1.75. The lowest BCUT2D eigenvalue weighted by molar-refractivity contribution is 0.0694. The summed E-state index contributed by atoms with van der Waals surface area (Å²) in [7, 11) is 1.50. The van der Waals surface area contributed by atoms with E-state index in [0.29, 0.717) is 11.6 Å². The first-order valence-corrected chi connectivity index (χ1v) is 10.9. The Kier molecular flexibility index (Phi) is 6.77. The summed E-state index contributed by atoms with van der Waals surface area (Å²) in [6.07, 6.45) is 5.75. The van der Waals surface area contributed by atoms with Gasteiger partial charge in [0.25, 0.3) is 5.91 Å². The molecule has 1 amide bonds. The summed E-state index contributed by atoms with van der Waals surface area (Å²) in [6.45, 7) is 3.93. The Balaban J connectivity index is 1.61. The van der Waals surface area contributed by atoms with E-state index in [0.717, 1.165) is 12.3 Å². The van der Waals surface area contributed by atoms with Gasteiger partial charge in [-0.1, -0.05) is 6.08 Å². The Morgan fingerprint density at radius 3 is 2.69 bits per heavy atom. The molecule has 0 aliphatic carbocycles. The molecule has 0 saturated carbocycles. The van der Waals surface area contributed by atoms with E-state index < -0.39 is 22.8 Å². The van der Waals surface area contributed by atoms with E-state index in [9.17, 15) is 19.5 Å². The molecule has 4 heterocycles. The third kappa shape index (κ3) is 4.65. The highest BCUT2D eigenvalue weighted by molar-refractivity contribution is 5.97. The number of allylic oxidation sites excluding steroid dienone is 1. The molecule has 2 N–H and O–H groups in total. The number of nitrogens with one attached hydrogen (secondary N) is 1. The average Bonchev–Trinajstić information content (AvgIpc) is 2.84. The number of anilines is 1. The first-order chi connectivity index (χ1) is 17.2. The second-order valence-electron chi connectivity index (χ2n) is 8.03. The van der Waals surface area contributed by atoms with Gasteiger partial charge in [-0.15, -0.1) is 0 Å². The number of nitrogens with zero attached hydrogens (tertiary/aromatic N) is 5. The summed E-state index contributed by atoms with van der Waals surface area (Å²) in [6, 6.07) is 3.88. The first kappa shape index (κ1) is 24.5. The molecule has 0 unspecified atom stereocenters. The van der Waals surface area contributed by atoms with Crippen molar-refractivity contribution in [3.8, 4) is 5.75 Å². The number of rotatable bonds is 6. The first-order valence-electron chi connectivity index (χ1n) is 10.9. The maximum Gasteiger partial charge on any atom is 0.341 e. The fourth-order valence-electron chi connectivity index (χ4n) is 3.72. The number of aliphatic imine (C=N–C) groups is 1. The molecule has 12 heteroatoms. The number of amides is 1. The molecule has 0 aromatic carbocycles. The lowest BCUT2D eigenvalue weighted by atomic mass is 10.1. The van der Waals surface area contributed by atoms with E-state index >= 15 is 4.39 Å². The summed E-state index contributed by atoms with van der Waals surface area (Å²) < 4.78 is 21.4. The Labute approximate surface area is 204 Å². The Morgan fingerprint density at radius 2 is 2.08 bits per heavy atom. The highest BCUT2D eigenvalue weighted by Gasteiger charge is 2.32. The van der Waals surface area contributed by atoms with Gasteiger partial charge < -0.3 is 20.1 Å². The Bertz CT molecular complexity index is 1460. The van der Waals surface area contributed by atoms with Gasteiger partial charge >= 0.3 is 5.97 Å². The number of aromatic carboxylic acids is 1. The largest absolute Gasteiger partial charge is 0.495 e. The predicted molar refractivity (Wildman–Crippen MR) is 130 cm³/mol. The summed E-state index contributed by atoms with van der Waals surface area (Å²) in [4.78, 5) is 50.9. The van der Waals surface area contributed by atoms with Gasteiger partial charge in [-0.05, 0) is 32.0 Å². The van der Waals surface area contributed by atoms with Crippen LogP contribution in [0.1, 0.15) is 34.7 Å². The van der Waals surface area contributed by atoms with E-state index in [4.69, 9.17) is 4.74 Å². The van der Waals surface area contributed by atoms with E-state index in [1.165, 1.54) is 30.1 Å². The van der Waals surface area contributed by atoms with Gasteiger partial charge in [0.1, 0.15) is 22.8 Å². The molecular formula is C24H23FN6O5. The van der Waals surface area contributed by atoms with Crippen molar-refractivity contribution in [2.45, 2.75) is 19.9 Å². The van der Waals surface area contributed by atoms with E-state index in [1.54, 1.807) is 30.9 Å². The minimum absolute atomic E-state index is 0.0226. The zero-order valence-electron chi connectivity index (χ0n) is 19.7. The maximum atomic E-state index is 15.0. The number of hydrogen-bond acceptors (Lipinski definition) is 8. The van der Waals surface area contributed by atoms with Crippen molar-refractivity contribution in [1.82, 2.24) is 19.9 Å². The molecule has 4 rings (SSSR count). The fraction of sp³-hybridized carbons (Fsp3) is 0.250. The van der Waals surface area contributed by atoms with Gasteiger partial charge in [0.15, 0.2) is 17.3 Å². The van der Waals surface area contributed by atoms with Crippen LogP contribution >= 0.6 is 0 Å². The summed E-state index contributed by atoms with van der Waals surface area (Å²) in [5.41, 5.74) is -1.07. The number of ether oxygens (including phenoxy) is 1. The van der Waals surface area contributed by atoms with Crippen LogP contribution in [-0.4, -0.2) is 63.6 Å². The van der Waals surface area contributed by atoms with Gasteiger partial charge in [0.2, 0.25) is 5.43 Å². The number of carbonyl (C=O) groups is 2. The molecule has 0 bridgehead atoms. The van der Waals surface area contributed by atoms with Crippen molar-refractivity contribution in [2.24, 2.45) is 4.99 Å². The molecule has 1 aliphatic rings. The van der Waals surface area contributed by atoms with E-state index in [2.05, 4.69) is 20.3 Å². The number of carbonyl (C=O) groups excluding carboxylic acids is 1. The van der Waals surface area contributed by atoms with Crippen LogP contribution in [0.2, 0.25) is 0 Å². The van der Waals surface area contributed by atoms with Crippen LogP contribution in [0, 0.1) is 5.82 Å². The summed E-state index contributed by atoms with van der Waals surface area (Å²) >= 11 is 0. The highest BCUT2D eigenvalue weighted by atomic mass is 19.1. The Hall–Kier alpha value is -4.61. The van der Waals surface area contributed by atoms with Crippen molar-refractivity contribution in [1.29, 1.82) is 0 Å². The monoisotopic (exact) mass is 494 g/mol. The normalized spacial score (nSPS) is 14.2. The Morgan fingerprint density at radius 1 is 1.33 bits per heavy atom. The van der Waals surface area contributed by atoms with Crippen molar-refractivity contribution < 1.29 is 23.8 Å². The van der Waals surface area contributed by atoms with Gasteiger partial charge in [0.05, 0.1) is 24.7 Å². The fourth-order valence-corrected chi connectivity index (χ4v) is 3.72. The minimum Gasteiger partial charge on any atom is -0.495 e. The van der Waals surface area contributed by atoms with Gasteiger partial charge in [-0.3, -0.25) is 14.2 Å². The number of aromatic nitrogens is 3. The predicted octanol–water partition coefficient (Wildman–Crippen LogP) is 2.06. The average molecular weight is 494 g/mol.